The number of hydrogen-bond acceptors (Lipinski definition) is 4. The zero-order valence-electron chi connectivity index (χ0n) is 16.1. The third-order valence-corrected chi connectivity index (χ3v) is 3.84. The van der Waals surface area contributed by atoms with Crippen LogP contribution in [0.1, 0.15) is 33.3 Å². The Morgan fingerprint density at radius 1 is 1.19 bits per heavy atom. The van der Waals surface area contributed by atoms with Crippen LogP contribution in [0.2, 0.25) is 0 Å². The van der Waals surface area contributed by atoms with Crippen LogP contribution in [0.3, 0.4) is 0 Å². The predicted octanol–water partition coefficient (Wildman–Crippen LogP) is 3.21. The number of nitrogens with zero attached hydrogens (tertiary/aromatic N) is 4. The van der Waals surface area contributed by atoms with E-state index < -0.39 is 17.8 Å². The predicted molar refractivity (Wildman–Crippen MR) is 95.8 cm³/mol. The summed E-state index contributed by atoms with van der Waals surface area (Å²) in [5.41, 5.74) is 2.05. The highest BCUT2D eigenvalue weighted by atomic mass is 19.4. The molecule has 0 saturated carbocycles. The monoisotopic (exact) mass is 375 g/mol. The number of halogens is 3. The molecule has 1 aromatic rings. The van der Waals surface area contributed by atoms with E-state index in [2.05, 4.69) is 43.0 Å². The zero-order valence-corrected chi connectivity index (χ0v) is 16.1. The van der Waals surface area contributed by atoms with Gasteiger partial charge in [0.05, 0.1) is 5.56 Å². The first-order valence-corrected chi connectivity index (χ1v) is 8.49. The molecule has 1 aromatic heterocycles. The second-order valence-electron chi connectivity index (χ2n) is 6.75. The quantitative estimate of drug-likeness (QED) is 0.744. The Morgan fingerprint density at radius 3 is 2.23 bits per heavy atom. The molecule has 0 aliphatic rings. The molecule has 0 aromatic carbocycles. The summed E-state index contributed by atoms with van der Waals surface area (Å²) in [5, 5.41) is 1.05. The molecule has 6 nitrogen and oxygen atoms in total. The Kier molecular flexibility index (Phi) is 7.83. The third-order valence-electron chi connectivity index (χ3n) is 3.84. The van der Waals surface area contributed by atoms with Crippen molar-refractivity contribution in [1.82, 2.24) is 20.2 Å². The highest BCUT2D eigenvalue weighted by molar-refractivity contribution is 5.89. The van der Waals surface area contributed by atoms with Gasteiger partial charge in [0, 0.05) is 45.5 Å². The summed E-state index contributed by atoms with van der Waals surface area (Å²) in [6.07, 6.45) is -3.46. The van der Waals surface area contributed by atoms with Gasteiger partial charge >= 0.3 is 12.2 Å². The number of carbonyl (C=O) groups excluding carboxylic acids is 1. The van der Waals surface area contributed by atoms with Gasteiger partial charge in [0.25, 0.3) is 0 Å². The fourth-order valence-corrected chi connectivity index (χ4v) is 2.57. The number of amides is 2. The Bertz CT molecular complexity index is 582. The van der Waals surface area contributed by atoms with Crippen molar-refractivity contribution in [2.24, 2.45) is 0 Å². The van der Waals surface area contributed by atoms with Crippen molar-refractivity contribution < 1.29 is 18.0 Å². The van der Waals surface area contributed by atoms with Crippen molar-refractivity contribution in [2.45, 2.75) is 46.0 Å². The Morgan fingerprint density at radius 2 is 1.77 bits per heavy atom. The molecule has 0 atom stereocenters. The van der Waals surface area contributed by atoms with Crippen molar-refractivity contribution >= 4 is 11.8 Å². The van der Waals surface area contributed by atoms with Crippen LogP contribution >= 0.6 is 0 Å². The highest BCUT2D eigenvalue weighted by Gasteiger charge is 2.32. The fraction of sp³-hybridized carbons (Fsp3) is 0.647. The number of nitrogens with one attached hydrogen (secondary N) is 1. The molecule has 0 bridgehead atoms. The highest BCUT2D eigenvalue weighted by Crippen LogP contribution is 2.30. The van der Waals surface area contributed by atoms with Crippen molar-refractivity contribution in [3.8, 4) is 0 Å². The van der Waals surface area contributed by atoms with E-state index in [-0.39, 0.29) is 5.82 Å². The Labute approximate surface area is 152 Å². The van der Waals surface area contributed by atoms with Gasteiger partial charge in [0.1, 0.15) is 0 Å². The van der Waals surface area contributed by atoms with E-state index in [0.717, 1.165) is 23.3 Å². The third kappa shape index (κ3) is 6.14. The van der Waals surface area contributed by atoms with Gasteiger partial charge in [0.15, 0.2) is 5.82 Å². The van der Waals surface area contributed by atoms with Gasteiger partial charge < -0.3 is 4.90 Å². The van der Waals surface area contributed by atoms with Gasteiger partial charge in [-0.05, 0) is 39.8 Å². The number of aromatic nitrogens is 1. The number of urea groups is 1. The molecule has 1 N–H and O–H groups in total. The van der Waals surface area contributed by atoms with Crippen molar-refractivity contribution in [2.75, 3.05) is 32.2 Å². The summed E-state index contributed by atoms with van der Waals surface area (Å²) < 4.78 is 38.9. The van der Waals surface area contributed by atoms with E-state index in [4.69, 9.17) is 0 Å². The molecule has 0 saturated heterocycles. The van der Waals surface area contributed by atoms with Crippen LogP contribution < -0.4 is 10.4 Å². The molecule has 1 heterocycles. The molecule has 0 aliphatic heterocycles. The second-order valence-corrected chi connectivity index (χ2v) is 6.75. The van der Waals surface area contributed by atoms with Crippen LogP contribution in [0.5, 0.6) is 0 Å². The van der Waals surface area contributed by atoms with Crippen LogP contribution in [0.15, 0.2) is 18.3 Å². The Hall–Kier alpha value is -1.87. The zero-order chi connectivity index (χ0) is 20.1. The van der Waals surface area contributed by atoms with Gasteiger partial charge in [-0.25, -0.2) is 20.2 Å². The second kappa shape index (κ2) is 9.18. The van der Waals surface area contributed by atoms with Crippen molar-refractivity contribution in [3.63, 3.8) is 0 Å². The van der Waals surface area contributed by atoms with Gasteiger partial charge in [-0.15, -0.1) is 0 Å². The molecule has 0 radical (unpaired) electrons. The van der Waals surface area contributed by atoms with Gasteiger partial charge in [-0.1, -0.05) is 0 Å². The lowest BCUT2D eigenvalue weighted by atomic mass is 10.2. The van der Waals surface area contributed by atoms with Crippen LogP contribution in [-0.4, -0.2) is 60.1 Å². The maximum Gasteiger partial charge on any atom is 0.416 e. The lowest BCUT2D eigenvalue weighted by molar-refractivity contribution is -0.137. The van der Waals surface area contributed by atoms with Crippen LogP contribution in [0, 0.1) is 0 Å². The standard InChI is InChI=1S/C17H28F3N5O/c1-12(2)24(13(3)4)10-9-22-25(16(26)23(5)6)15-11-14(7-8-21-15)17(18,19)20/h7-8,11-13,22H,9-10H2,1-6H3. The van der Waals surface area contributed by atoms with E-state index >= 15 is 0 Å². The van der Waals surface area contributed by atoms with E-state index in [9.17, 15) is 18.0 Å². The molecule has 148 valence electrons. The molecule has 9 heteroatoms. The minimum absolute atomic E-state index is 0.0980. The van der Waals surface area contributed by atoms with Crippen LogP contribution in [0.4, 0.5) is 23.8 Å². The molecule has 0 spiro atoms. The summed E-state index contributed by atoms with van der Waals surface area (Å²) in [6, 6.07) is 1.85. The lowest BCUT2D eigenvalue weighted by Gasteiger charge is -2.32. The molecular formula is C17H28F3N5O. The molecule has 2 amide bonds. The largest absolute Gasteiger partial charge is 0.416 e. The van der Waals surface area contributed by atoms with E-state index in [0.29, 0.717) is 25.2 Å². The smallest absolute Gasteiger partial charge is 0.329 e. The first kappa shape index (κ1) is 22.2. The van der Waals surface area contributed by atoms with Crippen molar-refractivity contribution in [1.29, 1.82) is 0 Å². The number of hydrazine groups is 1. The first-order chi connectivity index (χ1) is 11.9. The Balaban J connectivity index is 2.99. The number of rotatable bonds is 7. The van der Waals surface area contributed by atoms with Crippen LogP contribution in [0.25, 0.3) is 0 Å². The van der Waals surface area contributed by atoms with Crippen molar-refractivity contribution in [3.05, 3.63) is 23.9 Å². The van der Waals surface area contributed by atoms with Crippen LogP contribution in [-0.2, 0) is 6.18 Å². The average Bonchev–Trinajstić information content (AvgIpc) is 2.52. The summed E-state index contributed by atoms with van der Waals surface area (Å²) in [7, 11) is 3.05. The summed E-state index contributed by atoms with van der Waals surface area (Å²) in [5.74, 6) is -0.0980. The average molecular weight is 375 g/mol. The number of anilines is 1. The maximum atomic E-state index is 13.0. The lowest BCUT2D eigenvalue weighted by Crippen LogP contribution is -2.51. The number of hydrogen-bond donors (Lipinski definition) is 1. The number of alkyl halides is 3. The maximum absolute atomic E-state index is 13.0. The number of carbonyl (C=O) groups is 1. The van der Waals surface area contributed by atoms with Gasteiger partial charge in [-0.3, -0.25) is 4.90 Å². The molecule has 0 unspecified atom stereocenters. The first-order valence-electron chi connectivity index (χ1n) is 8.49. The summed E-state index contributed by atoms with van der Waals surface area (Å²) >= 11 is 0. The summed E-state index contributed by atoms with van der Waals surface area (Å²) in [6.45, 7) is 9.28. The molecule has 0 aliphatic carbocycles. The fourth-order valence-electron chi connectivity index (χ4n) is 2.57. The van der Waals surface area contributed by atoms with Gasteiger partial charge in [-0.2, -0.15) is 13.2 Å². The van der Waals surface area contributed by atoms with E-state index in [1.165, 1.54) is 19.0 Å². The minimum atomic E-state index is -4.50. The van der Waals surface area contributed by atoms with Gasteiger partial charge in [0.2, 0.25) is 0 Å². The molecule has 26 heavy (non-hydrogen) atoms. The van der Waals surface area contributed by atoms with E-state index in [1.807, 2.05) is 0 Å². The summed E-state index contributed by atoms with van der Waals surface area (Å²) in [4.78, 5) is 19.8. The SMILES string of the molecule is CC(C)N(CCNN(C(=O)N(C)C)c1cc(C(F)(F)F)ccn1)C(C)C. The topological polar surface area (TPSA) is 51.7 Å². The molecular weight excluding hydrogens is 347 g/mol. The van der Waals surface area contributed by atoms with E-state index in [1.54, 1.807) is 0 Å². The molecule has 1 rings (SSSR count). The number of pyridine rings is 1. The minimum Gasteiger partial charge on any atom is -0.329 e. The molecule has 0 fully saturated rings. The normalized spacial score (nSPS) is 12.2.